The van der Waals surface area contributed by atoms with Crippen molar-refractivity contribution in [1.29, 1.82) is 0 Å². The van der Waals surface area contributed by atoms with Gasteiger partial charge in [-0.1, -0.05) is 41.5 Å². The van der Waals surface area contributed by atoms with E-state index in [4.69, 9.17) is 4.43 Å². The zero-order chi connectivity index (χ0) is 17.2. The molecular formula is C21H40OSi. The minimum Gasteiger partial charge on any atom is -0.414 e. The van der Waals surface area contributed by atoms with Crippen LogP contribution in [0.25, 0.3) is 0 Å². The second kappa shape index (κ2) is 5.59. The van der Waals surface area contributed by atoms with Crippen LogP contribution in [-0.4, -0.2) is 14.4 Å². The first kappa shape index (κ1) is 18.0. The Morgan fingerprint density at radius 1 is 0.913 bits per heavy atom. The minimum atomic E-state index is -1.67. The summed E-state index contributed by atoms with van der Waals surface area (Å²) in [4.78, 5) is 0. The van der Waals surface area contributed by atoms with Crippen LogP contribution in [0, 0.1) is 35.0 Å². The van der Waals surface area contributed by atoms with E-state index in [0.717, 1.165) is 29.6 Å². The summed E-state index contributed by atoms with van der Waals surface area (Å²) in [6.45, 7) is 19.6. The smallest absolute Gasteiger partial charge is 0.192 e. The van der Waals surface area contributed by atoms with E-state index in [2.05, 4.69) is 54.6 Å². The Kier molecular flexibility index (Phi) is 4.37. The van der Waals surface area contributed by atoms with Gasteiger partial charge in [-0.25, -0.2) is 0 Å². The fraction of sp³-hybridized carbons (Fsp3) is 1.00. The van der Waals surface area contributed by atoms with E-state index in [9.17, 15) is 0 Å². The topological polar surface area (TPSA) is 9.23 Å². The molecule has 0 radical (unpaired) electrons. The van der Waals surface area contributed by atoms with E-state index < -0.39 is 8.32 Å². The Morgan fingerprint density at radius 2 is 1.52 bits per heavy atom. The molecule has 1 nitrogen and oxygen atoms in total. The van der Waals surface area contributed by atoms with E-state index in [1.165, 1.54) is 32.1 Å². The third-order valence-corrected chi connectivity index (χ3v) is 12.5. The molecule has 0 N–H and O–H groups in total. The normalized spacial score (nSPS) is 43.3. The first-order chi connectivity index (χ1) is 10.4. The third-order valence-electron chi connectivity index (χ3n) is 8.01. The van der Waals surface area contributed by atoms with Crippen LogP contribution in [-0.2, 0) is 4.43 Å². The van der Waals surface area contributed by atoms with Gasteiger partial charge in [-0.05, 0) is 85.2 Å². The minimum absolute atomic E-state index is 0.329. The molecular weight excluding hydrogens is 296 g/mol. The molecule has 0 spiro atoms. The zero-order valence-corrected chi connectivity index (χ0v) is 17.9. The molecule has 2 heteroatoms. The van der Waals surface area contributed by atoms with Crippen molar-refractivity contribution in [3.05, 3.63) is 0 Å². The highest BCUT2D eigenvalue weighted by Gasteiger charge is 2.54. The van der Waals surface area contributed by atoms with Crippen LogP contribution in [0.15, 0.2) is 0 Å². The molecule has 6 atom stereocenters. The van der Waals surface area contributed by atoms with Crippen LogP contribution in [0.3, 0.4) is 0 Å². The Morgan fingerprint density at radius 3 is 2.13 bits per heavy atom. The fourth-order valence-electron chi connectivity index (χ4n) is 5.94. The fourth-order valence-corrected chi connectivity index (χ4v) is 7.32. The Hall–Kier alpha value is 0.177. The summed E-state index contributed by atoms with van der Waals surface area (Å²) in [7, 11) is -1.67. The number of hydrogen-bond donors (Lipinski definition) is 0. The molecule has 0 heterocycles. The summed E-state index contributed by atoms with van der Waals surface area (Å²) >= 11 is 0. The van der Waals surface area contributed by atoms with E-state index in [1.54, 1.807) is 0 Å². The molecule has 0 aromatic carbocycles. The first-order valence-electron chi connectivity index (χ1n) is 10.1. The molecule has 3 fully saturated rings. The summed E-state index contributed by atoms with van der Waals surface area (Å²) in [5, 5.41) is 0.329. The van der Waals surface area contributed by atoms with Gasteiger partial charge in [-0.15, -0.1) is 0 Å². The summed E-state index contributed by atoms with van der Waals surface area (Å²) < 4.78 is 7.06. The van der Waals surface area contributed by atoms with Gasteiger partial charge in [0.15, 0.2) is 8.32 Å². The maximum Gasteiger partial charge on any atom is 0.192 e. The molecule has 0 aromatic rings. The monoisotopic (exact) mass is 336 g/mol. The molecule has 3 aliphatic rings. The number of fused-ring (bicyclic) bond motifs is 4. The second-order valence-electron chi connectivity index (χ2n) is 11.5. The lowest BCUT2D eigenvalue weighted by molar-refractivity contribution is 0.0603. The Labute approximate surface area is 146 Å². The van der Waals surface area contributed by atoms with Crippen LogP contribution in [0.2, 0.25) is 18.1 Å². The molecule has 3 saturated carbocycles. The maximum atomic E-state index is 7.06. The summed E-state index contributed by atoms with van der Waals surface area (Å²) in [5.74, 6) is 4.65. The van der Waals surface area contributed by atoms with Gasteiger partial charge in [0.25, 0.3) is 0 Å². The quantitative estimate of drug-likeness (QED) is 0.523. The lowest BCUT2D eigenvalue weighted by Gasteiger charge is -2.43. The molecule has 23 heavy (non-hydrogen) atoms. The summed E-state index contributed by atoms with van der Waals surface area (Å²) in [5.41, 5.74) is 0.527. The van der Waals surface area contributed by atoms with Crippen molar-refractivity contribution in [2.75, 3.05) is 0 Å². The Balaban J connectivity index is 1.86. The van der Waals surface area contributed by atoms with E-state index in [-0.39, 0.29) is 0 Å². The van der Waals surface area contributed by atoms with Crippen molar-refractivity contribution in [3.63, 3.8) is 0 Å². The molecule has 3 aliphatic carbocycles. The van der Waals surface area contributed by atoms with Gasteiger partial charge in [0.1, 0.15) is 0 Å². The highest BCUT2D eigenvalue weighted by atomic mass is 28.4. The summed E-state index contributed by atoms with van der Waals surface area (Å²) in [6, 6.07) is 0. The van der Waals surface area contributed by atoms with Crippen molar-refractivity contribution >= 4 is 8.32 Å². The van der Waals surface area contributed by atoms with Crippen molar-refractivity contribution in [2.45, 2.75) is 97.9 Å². The van der Waals surface area contributed by atoms with Crippen LogP contribution in [0.4, 0.5) is 0 Å². The maximum absolute atomic E-state index is 7.06. The SMILES string of the molecule is CC1C[C@@H]2C[C@H]1[C@H]1CC(C)(C)C[C@@H]1[C@H](O[Si](C)(C)C(C)(C)C)C2. The van der Waals surface area contributed by atoms with Crippen LogP contribution >= 0.6 is 0 Å². The lowest BCUT2D eigenvalue weighted by atomic mass is 9.76. The van der Waals surface area contributed by atoms with Gasteiger partial charge in [-0.2, -0.15) is 0 Å². The third kappa shape index (κ3) is 3.32. The van der Waals surface area contributed by atoms with Gasteiger partial charge in [0.2, 0.25) is 0 Å². The largest absolute Gasteiger partial charge is 0.414 e. The highest BCUT2D eigenvalue weighted by molar-refractivity contribution is 6.74. The molecule has 2 bridgehead atoms. The lowest BCUT2D eigenvalue weighted by Crippen LogP contribution is -2.47. The van der Waals surface area contributed by atoms with Gasteiger partial charge in [0, 0.05) is 6.10 Å². The summed E-state index contributed by atoms with van der Waals surface area (Å²) in [6.07, 6.45) is 7.69. The predicted octanol–water partition coefficient (Wildman–Crippen LogP) is 6.50. The van der Waals surface area contributed by atoms with Gasteiger partial charge in [0.05, 0.1) is 0 Å². The molecule has 1 unspecified atom stereocenters. The van der Waals surface area contributed by atoms with Crippen molar-refractivity contribution in [3.8, 4) is 0 Å². The van der Waals surface area contributed by atoms with Gasteiger partial charge in [-0.3, -0.25) is 0 Å². The van der Waals surface area contributed by atoms with Crippen LogP contribution in [0.5, 0.6) is 0 Å². The molecule has 0 aromatic heterocycles. The van der Waals surface area contributed by atoms with Gasteiger partial charge < -0.3 is 4.43 Å². The van der Waals surface area contributed by atoms with Crippen LogP contribution in [0.1, 0.15) is 73.6 Å². The number of hydrogen-bond acceptors (Lipinski definition) is 1. The van der Waals surface area contributed by atoms with Gasteiger partial charge >= 0.3 is 0 Å². The molecule has 0 aliphatic heterocycles. The number of rotatable bonds is 2. The average Bonchev–Trinajstić information content (AvgIpc) is 2.82. The van der Waals surface area contributed by atoms with E-state index in [0.29, 0.717) is 16.6 Å². The average molecular weight is 337 g/mol. The second-order valence-corrected chi connectivity index (χ2v) is 16.3. The standard InChI is InChI=1S/C21H40OSi/c1-14-9-15-10-16(14)17-12-21(5,6)13-18(17)19(11-15)22-23(7,8)20(2,3)4/h14-19H,9-13H2,1-8H3/t14?,15-,16-,17-,18+,19-/m1/s1. The zero-order valence-electron chi connectivity index (χ0n) is 16.9. The highest BCUT2D eigenvalue weighted by Crippen LogP contribution is 2.59. The van der Waals surface area contributed by atoms with Crippen molar-refractivity contribution in [1.82, 2.24) is 0 Å². The molecule has 0 saturated heterocycles. The van der Waals surface area contributed by atoms with Crippen molar-refractivity contribution in [2.24, 2.45) is 35.0 Å². The van der Waals surface area contributed by atoms with E-state index in [1.807, 2.05) is 0 Å². The first-order valence-corrected chi connectivity index (χ1v) is 13.0. The Bertz CT molecular complexity index is 447. The van der Waals surface area contributed by atoms with Crippen LogP contribution < -0.4 is 0 Å². The molecule has 3 rings (SSSR count). The van der Waals surface area contributed by atoms with E-state index >= 15 is 0 Å². The predicted molar refractivity (Wildman–Crippen MR) is 102 cm³/mol. The molecule has 134 valence electrons. The molecule has 0 amide bonds. The van der Waals surface area contributed by atoms with Crippen molar-refractivity contribution < 1.29 is 4.43 Å².